The van der Waals surface area contributed by atoms with Crippen molar-refractivity contribution in [2.75, 3.05) is 6.54 Å². The summed E-state index contributed by atoms with van der Waals surface area (Å²) >= 11 is 0. The smallest absolute Gasteiger partial charge is 0.129 e. The molecule has 2 nitrogen and oxygen atoms in total. The highest BCUT2D eigenvalue weighted by molar-refractivity contribution is 5.29. The van der Waals surface area contributed by atoms with E-state index < -0.39 is 11.6 Å². The van der Waals surface area contributed by atoms with Crippen LogP contribution in [0.3, 0.4) is 0 Å². The minimum atomic E-state index is -0.500. The van der Waals surface area contributed by atoms with Gasteiger partial charge in [0.2, 0.25) is 0 Å². The van der Waals surface area contributed by atoms with Gasteiger partial charge in [-0.1, -0.05) is 13.0 Å². The van der Waals surface area contributed by atoms with Crippen LogP contribution in [0.2, 0.25) is 0 Å². The second-order valence-corrected chi connectivity index (χ2v) is 5.14. The van der Waals surface area contributed by atoms with Crippen LogP contribution in [0.15, 0.2) is 36.7 Å². The maximum Gasteiger partial charge on any atom is 0.129 e. The van der Waals surface area contributed by atoms with Crippen molar-refractivity contribution >= 4 is 0 Å². The largest absolute Gasteiger partial charge is 0.310 e. The van der Waals surface area contributed by atoms with Crippen molar-refractivity contribution in [1.29, 1.82) is 0 Å². The van der Waals surface area contributed by atoms with Crippen LogP contribution < -0.4 is 5.32 Å². The molecule has 0 bridgehead atoms. The highest BCUT2D eigenvalue weighted by Gasteiger charge is 2.18. The van der Waals surface area contributed by atoms with Crippen LogP contribution in [0.25, 0.3) is 0 Å². The van der Waals surface area contributed by atoms with Gasteiger partial charge in [0.15, 0.2) is 0 Å². The van der Waals surface area contributed by atoms with Crippen molar-refractivity contribution in [2.24, 2.45) is 0 Å². The molecular weight excluding hydrogens is 270 g/mol. The minimum absolute atomic E-state index is 0.120. The number of nitrogens with zero attached hydrogens (tertiary/aromatic N) is 1. The quantitative estimate of drug-likeness (QED) is 0.871. The van der Waals surface area contributed by atoms with Crippen molar-refractivity contribution < 1.29 is 8.78 Å². The molecule has 0 aliphatic rings. The van der Waals surface area contributed by atoms with Crippen LogP contribution in [0.1, 0.15) is 36.1 Å². The Bertz CT molecular complexity index is 579. The standard InChI is InChI=1S/C17H20F2N2/c1-3-8-21-17(14-11-20-9-7-12(14)2)10-13-15(18)5-4-6-16(13)19/h4-7,9,11,17,21H,3,8,10H2,1-2H3. The molecule has 1 N–H and O–H groups in total. The number of aromatic nitrogens is 1. The molecule has 0 fully saturated rings. The van der Waals surface area contributed by atoms with Gasteiger partial charge in [0.25, 0.3) is 0 Å². The second kappa shape index (κ2) is 7.27. The molecule has 1 heterocycles. The van der Waals surface area contributed by atoms with Gasteiger partial charge in [-0.2, -0.15) is 0 Å². The Balaban J connectivity index is 2.31. The summed E-state index contributed by atoms with van der Waals surface area (Å²) in [4.78, 5) is 4.13. The molecule has 0 spiro atoms. The SMILES string of the molecule is CCCNC(Cc1c(F)cccc1F)c1cnccc1C. The molecule has 2 rings (SSSR count). The Hall–Kier alpha value is -1.81. The van der Waals surface area contributed by atoms with Gasteiger partial charge >= 0.3 is 0 Å². The van der Waals surface area contributed by atoms with Gasteiger partial charge in [-0.05, 0) is 55.6 Å². The molecule has 0 radical (unpaired) electrons. The Labute approximate surface area is 124 Å². The monoisotopic (exact) mass is 290 g/mol. The maximum atomic E-state index is 13.9. The lowest BCUT2D eigenvalue weighted by Crippen LogP contribution is -2.25. The fourth-order valence-electron chi connectivity index (χ4n) is 2.38. The van der Waals surface area contributed by atoms with E-state index in [4.69, 9.17) is 0 Å². The molecule has 1 unspecified atom stereocenters. The predicted molar refractivity (Wildman–Crippen MR) is 80.1 cm³/mol. The first kappa shape index (κ1) is 15.6. The molecule has 0 saturated carbocycles. The van der Waals surface area contributed by atoms with Crippen LogP contribution in [0, 0.1) is 18.6 Å². The number of pyridine rings is 1. The lowest BCUT2D eigenvalue weighted by molar-refractivity contribution is 0.488. The number of nitrogens with one attached hydrogen (secondary N) is 1. The molecular formula is C17H20F2N2. The number of benzene rings is 1. The van der Waals surface area contributed by atoms with Gasteiger partial charge in [0, 0.05) is 24.0 Å². The summed E-state index contributed by atoms with van der Waals surface area (Å²) in [6, 6.07) is 5.74. The van der Waals surface area contributed by atoms with E-state index in [-0.39, 0.29) is 18.0 Å². The van der Waals surface area contributed by atoms with Gasteiger partial charge < -0.3 is 5.32 Å². The van der Waals surface area contributed by atoms with Crippen molar-refractivity contribution in [3.8, 4) is 0 Å². The number of rotatable bonds is 6. The van der Waals surface area contributed by atoms with E-state index >= 15 is 0 Å². The molecule has 0 amide bonds. The first-order chi connectivity index (χ1) is 10.1. The van der Waals surface area contributed by atoms with E-state index in [0.29, 0.717) is 0 Å². The highest BCUT2D eigenvalue weighted by Crippen LogP contribution is 2.24. The second-order valence-electron chi connectivity index (χ2n) is 5.14. The highest BCUT2D eigenvalue weighted by atomic mass is 19.1. The molecule has 0 aliphatic heterocycles. The summed E-state index contributed by atoms with van der Waals surface area (Å²) in [5.74, 6) is -1.00. The lowest BCUT2D eigenvalue weighted by Gasteiger charge is -2.21. The Morgan fingerprint density at radius 1 is 1.19 bits per heavy atom. The average Bonchev–Trinajstić information content (AvgIpc) is 2.47. The predicted octanol–water partition coefficient (Wildman–Crippen LogP) is 3.95. The average molecular weight is 290 g/mol. The molecule has 0 saturated heterocycles. The van der Waals surface area contributed by atoms with E-state index in [2.05, 4.69) is 17.2 Å². The Morgan fingerprint density at radius 3 is 2.52 bits per heavy atom. The van der Waals surface area contributed by atoms with Gasteiger partial charge in [-0.25, -0.2) is 8.78 Å². The first-order valence-electron chi connectivity index (χ1n) is 7.20. The van der Waals surface area contributed by atoms with Crippen LogP contribution in [0.4, 0.5) is 8.78 Å². The molecule has 2 aromatic rings. The van der Waals surface area contributed by atoms with E-state index in [9.17, 15) is 8.78 Å². The summed E-state index contributed by atoms with van der Waals surface area (Å²) in [5.41, 5.74) is 2.17. The molecule has 1 aromatic carbocycles. The summed E-state index contributed by atoms with van der Waals surface area (Å²) in [7, 11) is 0. The van der Waals surface area contributed by atoms with E-state index in [0.717, 1.165) is 24.1 Å². The normalized spacial score (nSPS) is 12.4. The third-order valence-electron chi connectivity index (χ3n) is 3.57. The van der Waals surface area contributed by atoms with E-state index in [1.54, 1.807) is 12.4 Å². The zero-order valence-electron chi connectivity index (χ0n) is 12.4. The zero-order chi connectivity index (χ0) is 15.2. The Morgan fingerprint density at radius 2 is 1.90 bits per heavy atom. The third kappa shape index (κ3) is 3.85. The van der Waals surface area contributed by atoms with Gasteiger partial charge in [0.05, 0.1) is 0 Å². The summed E-state index contributed by atoms with van der Waals surface area (Å²) in [5, 5.41) is 3.36. The van der Waals surface area contributed by atoms with Gasteiger partial charge in [0.1, 0.15) is 11.6 Å². The number of hydrogen-bond donors (Lipinski definition) is 1. The lowest BCUT2D eigenvalue weighted by atomic mass is 9.96. The maximum absolute atomic E-state index is 13.9. The molecule has 1 aromatic heterocycles. The van der Waals surface area contributed by atoms with Crippen LogP contribution in [-0.2, 0) is 6.42 Å². The van der Waals surface area contributed by atoms with Crippen molar-refractivity contribution in [3.63, 3.8) is 0 Å². The summed E-state index contributed by atoms with van der Waals surface area (Å²) in [6.45, 7) is 4.83. The molecule has 21 heavy (non-hydrogen) atoms. The van der Waals surface area contributed by atoms with Crippen molar-refractivity contribution in [3.05, 3.63) is 65.0 Å². The van der Waals surface area contributed by atoms with Crippen molar-refractivity contribution in [1.82, 2.24) is 10.3 Å². The van der Waals surface area contributed by atoms with Crippen LogP contribution >= 0.6 is 0 Å². The number of aryl methyl sites for hydroxylation is 1. The number of hydrogen-bond acceptors (Lipinski definition) is 2. The number of halogens is 2. The molecule has 1 atom stereocenters. The fraction of sp³-hybridized carbons (Fsp3) is 0.353. The van der Waals surface area contributed by atoms with Crippen LogP contribution in [0.5, 0.6) is 0 Å². The van der Waals surface area contributed by atoms with Gasteiger partial charge in [-0.15, -0.1) is 0 Å². The Kier molecular flexibility index (Phi) is 5.39. The van der Waals surface area contributed by atoms with Crippen molar-refractivity contribution in [2.45, 2.75) is 32.7 Å². The topological polar surface area (TPSA) is 24.9 Å². The molecule has 0 aliphatic carbocycles. The van der Waals surface area contributed by atoms with Gasteiger partial charge in [-0.3, -0.25) is 4.98 Å². The summed E-state index contributed by atoms with van der Waals surface area (Å²) < 4.78 is 27.7. The zero-order valence-corrected chi connectivity index (χ0v) is 12.4. The van der Waals surface area contributed by atoms with Crippen LogP contribution in [-0.4, -0.2) is 11.5 Å². The third-order valence-corrected chi connectivity index (χ3v) is 3.57. The first-order valence-corrected chi connectivity index (χ1v) is 7.20. The summed E-state index contributed by atoms with van der Waals surface area (Å²) in [6.07, 6.45) is 4.71. The van der Waals surface area contributed by atoms with E-state index in [1.807, 2.05) is 13.0 Å². The fourth-order valence-corrected chi connectivity index (χ4v) is 2.38. The van der Waals surface area contributed by atoms with E-state index in [1.165, 1.54) is 18.2 Å². The molecule has 112 valence electrons. The minimum Gasteiger partial charge on any atom is -0.310 e. The molecule has 4 heteroatoms.